The molecule has 17 nitrogen and oxygen atoms in total. The van der Waals surface area contributed by atoms with E-state index in [1.165, 1.54) is 89.9 Å². The summed E-state index contributed by atoms with van der Waals surface area (Å²) in [5.41, 5.74) is 0. The Morgan fingerprint density at radius 1 is 0.309 bits per heavy atom. The lowest BCUT2D eigenvalue weighted by atomic mass is 10.0. The van der Waals surface area contributed by atoms with Gasteiger partial charge in [0.2, 0.25) is 0 Å². The summed E-state index contributed by atoms with van der Waals surface area (Å²) in [5, 5.41) is 10.6. The molecular weight excluding hydrogens is 1230 g/mol. The highest BCUT2D eigenvalue weighted by atomic mass is 31.2. The topological polar surface area (TPSA) is 237 Å². The molecule has 0 saturated carbocycles. The Labute approximate surface area is 571 Å². The molecule has 5 atom stereocenters. The van der Waals surface area contributed by atoms with E-state index in [1.807, 2.05) is 0 Å². The first-order valence-electron chi connectivity index (χ1n) is 37.2. The molecule has 5 unspecified atom stereocenters. The van der Waals surface area contributed by atoms with Crippen molar-refractivity contribution >= 4 is 39.5 Å². The molecule has 0 amide bonds. The van der Waals surface area contributed by atoms with Gasteiger partial charge in [-0.25, -0.2) is 9.13 Å². The number of rotatable bonds is 70. The number of carbonyl (C=O) groups is 4. The summed E-state index contributed by atoms with van der Waals surface area (Å²) in [4.78, 5) is 72.7. The summed E-state index contributed by atoms with van der Waals surface area (Å²) in [6, 6.07) is 0. The lowest BCUT2D eigenvalue weighted by molar-refractivity contribution is -0.161. The molecule has 94 heavy (non-hydrogen) atoms. The van der Waals surface area contributed by atoms with E-state index in [1.54, 1.807) is 0 Å². The van der Waals surface area contributed by atoms with Crippen LogP contribution in [0.5, 0.6) is 0 Å². The Kier molecular flexibility index (Phi) is 65.5. The fraction of sp³-hybridized carbons (Fsp3) is 0.787. The molecule has 0 aromatic rings. The van der Waals surface area contributed by atoms with Gasteiger partial charge in [-0.05, 0) is 89.9 Å². The van der Waals surface area contributed by atoms with Gasteiger partial charge in [-0.1, -0.05) is 280 Å². The van der Waals surface area contributed by atoms with Gasteiger partial charge in [0.25, 0.3) is 0 Å². The van der Waals surface area contributed by atoms with Gasteiger partial charge in [0.05, 0.1) is 26.4 Å². The predicted octanol–water partition coefficient (Wildman–Crippen LogP) is 20.9. The van der Waals surface area contributed by atoms with Crippen LogP contribution in [0.25, 0.3) is 0 Å². The number of phosphoric ester groups is 2. The largest absolute Gasteiger partial charge is 0.472 e. The molecule has 546 valence electrons. The quantitative estimate of drug-likeness (QED) is 0.0169. The molecule has 0 saturated heterocycles. The van der Waals surface area contributed by atoms with Crippen molar-refractivity contribution in [2.24, 2.45) is 0 Å². The number of phosphoric acid groups is 2. The number of unbranched alkanes of at least 4 members (excludes halogenated alkanes) is 32. The Morgan fingerprint density at radius 3 is 0.894 bits per heavy atom. The monoisotopic (exact) mass is 1370 g/mol. The molecule has 0 fully saturated rings. The zero-order chi connectivity index (χ0) is 69.0. The van der Waals surface area contributed by atoms with Crippen LogP contribution >= 0.6 is 15.6 Å². The molecular formula is C75H134O17P2. The van der Waals surface area contributed by atoms with Crippen LogP contribution in [0.1, 0.15) is 323 Å². The molecule has 19 heteroatoms. The van der Waals surface area contributed by atoms with Crippen molar-refractivity contribution in [2.45, 2.75) is 341 Å². The van der Waals surface area contributed by atoms with Crippen LogP contribution in [-0.2, 0) is 65.4 Å². The number of hydrogen-bond acceptors (Lipinski definition) is 15. The van der Waals surface area contributed by atoms with Gasteiger partial charge in [0, 0.05) is 25.7 Å². The van der Waals surface area contributed by atoms with E-state index in [-0.39, 0.29) is 25.7 Å². The molecule has 0 aromatic heterocycles. The van der Waals surface area contributed by atoms with Gasteiger partial charge in [-0.15, -0.1) is 0 Å². The highest BCUT2D eigenvalue weighted by Gasteiger charge is 2.30. The predicted molar refractivity (Wildman–Crippen MR) is 381 cm³/mol. The van der Waals surface area contributed by atoms with E-state index in [0.717, 1.165) is 154 Å². The van der Waals surface area contributed by atoms with Crippen LogP contribution in [0.3, 0.4) is 0 Å². The molecule has 0 bridgehead atoms. The molecule has 0 aliphatic carbocycles. The standard InChI is InChI=1S/C75H134O17P2/c1-5-9-13-17-21-25-29-32-33-34-35-38-41-44-48-52-56-60-73(78)86-65-70(91-74(79)61-57-53-49-45-39-28-24-20-16-12-8-4)67-89-93(81,82)87-63-69(76)64-88-94(83,84)90-68-71(92-75(80)62-58-54-50-46-42-37-31-27-23-19-15-11-7-3)66-85-72(77)59-55-51-47-43-40-36-30-26-22-18-14-10-6-2/h9,13-14,18,21,25-26,30,32-33,35,38,69-71,76H,5-8,10-12,15-17,19-20,22-24,27-29,31,34,36-37,39-68H2,1-4H3,(H,81,82)(H,83,84)/b13-9-,18-14-,25-21-,30-26-,33-32-,38-35-. The van der Waals surface area contributed by atoms with Crippen LogP contribution in [-0.4, -0.2) is 96.7 Å². The van der Waals surface area contributed by atoms with E-state index >= 15 is 0 Å². The summed E-state index contributed by atoms with van der Waals surface area (Å²) >= 11 is 0. The SMILES string of the molecule is CC/C=C\C/C=C\C/C=C\C/C=C\CCCCCCC(=O)OCC(COP(=O)(O)OCC(O)COP(=O)(O)OCC(COC(=O)CCCCCCC/C=C\C/C=C\CCC)OC(=O)CCCCCCCCCCCCCCC)OC(=O)CCCCCCCCCCCCC. The van der Waals surface area contributed by atoms with Gasteiger partial charge in [0.1, 0.15) is 19.3 Å². The Hall–Kier alpha value is -3.50. The number of ether oxygens (including phenoxy) is 4. The minimum absolute atomic E-state index is 0.0935. The van der Waals surface area contributed by atoms with E-state index in [9.17, 15) is 43.2 Å². The van der Waals surface area contributed by atoms with Crippen molar-refractivity contribution in [1.82, 2.24) is 0 Å². The molecule has 0 aliphatic rings. The van der Waals surface area contributed by atoms with Crippen LogP contribution in [0.2, 0.25) is 0 Å². The van der Waals surface area contributed by atoms with Gasteiger partial charge in [-0.3, -0.25) is 37.3 Å². The third-order valence-electron chi connectivity index (χ3n) is 15.7. The van der Waals surface area contributed by atoms with E-state index < -0.39 is 97.5 Å². The fourth-order valence-electron chi connectivity index (χ4n) is 10.0. The van der Waals surface area contributed by atoms with Crippen molar-refractivity contribution < 1.29 is 80.2 Å². The molecule has 0 heterocycles. The van der Waals surface area contributed by atoms with Gasteiger partial charge in [0.15, 0.2) is 12.2 Å². The third-order valence-corrected chi connectivity index (χ3v) is 17.6. The minimum Gasteiger partial charge on any atom is -0.462 e. The van der Waals surface area contributed by atoms with E-state index in [4.69, 9.17) is 37.0 Å². The molecule has 0 radical (unpaired) electrons. The highest BCUT2D eigenvalue weighted by Crippen LogP contribution is 2.45. The Bertz CT molecular complexity index is 2070. The summed E-state index contributed by atoms with van der Waals surface area (Å²) in [5.74, 6) is -2.19. The Morgan fingerprint density at radius 2 is 0.574 bits per heavy atom. The highest BCUT2D eigenvalue weighted by molar-refractivity contribution is 7.47. The van der Waals surface area contributed by atoms with Crippen LogP contribution < -0.4 is 0 Å². The lowest BCUT2D eigenvalue weighted by Crippen LogP contribution is -2.30. The van der Waals surface area contributed by atoms with Crippen molar-refractivity contribution in [1.29, 1.82) is 0 Å². The average molecular weight is 1370 g/mol. The van der Waals surface area contributed by atoms with Gasteiger partial charge < -0.3 is 33.8 Å². The number of aliphatic hydroxyl groups excluding tert-OH is 1. The second-order valence-electron chi connectivity index (χ2n) is 24.9. The molecule has 0 aromatic carbocycles. The molecule has 0 aliphatic heterocycles. The average Bonchev–Trinajstić information content (AvgIpc) is 1.32. The summed E-state index contributed by atoms with van der Waals surface area (Å²) in [6.07, 6.45) is 66.1. The number of allylic oxidation sites excluding steroid dienone is 12. The number of esters is 4. The summed E-state index contributed by atoms with van der Waals surface area (Å²) in [7, 11) is -9.94. The van der Waals surface area contributed by atoms with E-state index in [2.05, 4.69) is 101 Å². The normalized spacial score (nSPS) is 14.4. The third kappa shape index (κ3) is 67.1. The first kappa shape index (κ1) is 90.5. The molecule has 0 spiro atoms. The molecule has 3 N–H and O–H groups in total. The van der Waals surface area contributed by atoms with Crippen molar-refractivity contribution in [3.63, 3.8) is 0 Å². The van der Waals surface area contributed by atoms with Crippen molar-refractivity contribution in [3.05, 3.63) is 72.9 Å². The minimum atomic E-state index is -4.97. The number of carbonyl (C=O) groups excluding carboxylic acids is 4. The zero-order valence-electron chi connectivity index (χ0n) is 59.4. The number of aliphatic hydroxyl groups is 1. The Balaban J connectivity index is 5.31. The lowest BCUT2D eigenvalue weighted by Gasteiger charge is -2.21. The van der Waals surface area contributed by atoms with Gasteiger partial charge >= 0.3 is 39.5 Å². The first-order chi connectivity index (χ1) is 45.7. The van der Waals surface area contributed by atoms with E-state index in [0.29, 0.717) is 25.7 Å². The first-order valence-corrected chi connectivity index (χ1v) is 40.2. The summed E-state index contributed by atoms with van der Waals surface area (Å²) < 4.78 is 68.3. The molecule has 0 rings (SSSR count). The number of hydrogen-bond donors (Lipinski definition) is 3. The van der Waals surface area contributed by atoms with Crippen LogP contribution in [0.4, 0.5) is 0 Å². The maximum absolute atomic E-state index is 13.0. The zero-order valence-corrected chi connectivity index (χ0v) is 61.2. The van der Waals surface area contributed by atoms with Crippen LogP contribution in [0, 0.1) is 0 Å². The second-order valence-corrected chi connectivity index (χ2v) is 27.8. The maximum atomic E-state index is 13.0. The van der Waals surface area contributed by atoms with Crippen molar-refractivity contribution in [2.75, 3.05) is 39.6 Å². The van der Waals surface area contributed by atoms with Crippen molar-refractivity contribution in [3.8, 4) is 0 Å². The second kappa shape index (κ2) is 68.0. The maximum Gasteiger partial charge on any atom is 0.472 e. The van der Waals surface area contributed by atoms with Crippen LogP contribution in [0.15, 0.2) is 72.9 Å². The van der Waals surface area contributed by atoms with Gasteiger partial charge in [-0.2, -0.15) is 0 Å². The fourth-order valence-corrected chi connectivity index (χ4v) is 11.6. The summed E-state index contributed by atoms with van der Waals surface area (Å²) in [6.45, 7) is 4.67. The smallest absolute Gasteiger partial charge is 0.462 e.